The van der Waals surface area contributed by atoms with Crippen LogP contribution in [0.2, 0.25) is 0 Å². The van der Waals surface area contributed by atoms with Crippen molar-refractivity contribution in [3.8, 4) is 0 Å². The Hall–Kier alpha value is -0.530. The van der Waals surface area contributed by atoms with E-state index in [4.69, 9.17) is 4.74 Å². The Labute approximate surface area is 85.0 Å². The van der Waals surface area contributed by atoms with Crippen molar-refractivity contribution in [3.63, 3.8) is 0 Å². The standard InChI is InChI=1S/C12H18O2/c13-11-5-6-12(14-11)7-9-3-1-2-4-10(9)8-12/h9-10H,1-8H2. The number of esters is 1. The van der Waals surface area contributed by atoms with Crippen molar-refractivity contribution >= 4 is 5.97 Å². The topological polar surface area (TPSA) is 26.3 Å². The minimum atomic E-state index is -0.00322. The van der Waals surface area contributed by atoms with Crippen molar-refractivity contribution in [3.05, 3.63) is 0 Å². The first-order valence-corrected chi connectivity index (χ1v) is 5.99. The molecule has 2 heteroatoms. The summed E-state index contributed by atoms with van der Waals surface area (Å²) in [6.45, 7) is 0. The van der Waals surface area contributed by atoms with Gasteiger partial charge in [0.2, 0.25) is 0 Å². The molecule has 78 valence electrons. The Morgan fingerprint density at radius 3 is 2.29 bits per heavy atom. The van der Waals surface area contributed by atoms with Crippen molar-refractivity contribution in [2.75, 3.05) is 0 Å². The van der Waals surface area contributed by atoms with Crippen molar-refractivity contribution in [1.82, 2.24) is 0 Å². The number of rotatable bonds is 0. The number of ether oxygens (including phenoxy) is 1. The van der Waals surface area contributed by atoms with E-state index >= 15 is 0 Å². The Morgan fingerprint density at radius 2 is 1.79 bits per heavy atom. The SMILES string of the molecule is O=C1CCC2(CC3CCCCC3C2)O1. The lowest BCUT2D eigenvalue weighted by Gasteiger charge is -2.23. The monoisotopic (exact) mass is 194 g/mol. The lowest BCUT2D eigenvalue weighted by Crippen LogP contribution is -2.24. The fraction of sp³-hybridized carbons (Fsp3) is 0.917. The third kappa shape index (κ3) is 1.27. The van der Waals surface area contributed by atoms with E-state index < -0.39 is 0 Å². The van der Waals surface area contributed by atoms with Gasteiger partial charge in [-0.25, -0.2) is 0 Å². The normalized spacial score (nSPS) is 46.7. The van der Waals surface area contributed by atoms with Gasteiger partial charge < -0.3 is 4.74 Å². The van der Waals surface area contributed by atoms with Gasteiger partial charge in [-0.2, -0.15) is 0 Å². The van der Waals surface area contributed by atoms with Crippen LogP contribution in [0.4, 0.5) is 0 Å². The van der Waals surface area contributed by atoms with Crippen LogP contribution in [0.1, 0.15) is 51.4 Å². The second-order valence-corrected chi connectivity index (χ2v) is 5.37. The molecule has 0 aromatic carbocycles. The van der Waals surface area contributed by atoms with Crippen LogP contribution in [-0.2, 0) is 9.53 Å². The van der Waals surface area contributed by atoms with Crippen LogP contribution in [0.25, 0.3) is 0 Å². The van der Waals surface area contributed by atoms with Crippen LogP contribution < -0.4 is 0 Å². The highest BCUT2D eigenvalue weighted by atomic mass is 16.6. The lowest BCUT2D eigenvalue weighted by atomic mass is 9.82. The summed E-state index contributed by atoms with van der Waals surface area (Å²) in [6, 6.07) is 0. The van der Waals surface area contributed by atoms with Gasteiger partial charge in [0.15, 0.2) is 0 Å². The van der Waals surface area contributed by atoms with Crippen molar-refractivity contribution < 1.29 is 9.53 Å². The summed E-state index contributed by atoms with van der Waals surface area (Å²) in [4.78, 5) is 11.2. The predicted octanol–water partition coefficient (Wildman–Crippen LogP) is 2.66. The van der Waals surface area contributed by atoms with Crippen LogP contribution in [0, 0.1) is 11.8 Å². The van der Waals surface area contributed by atoms with Gasteiger partial charge in [0.25, 0.3) is 0 Å². The first-order valence-electron chi connectivity index (χ1n) is 5.99. The Kier molecular flexibility index (Phi) is 1.86. The molecule has 2 saturated carbocycles. The molecule has 0 aromatic heterocycles. The zero-order valence-electron chi connectivity index (χ0n) is 8.63. The van der Waals surface area contributed by atoms with Crippen LogP contribution in [0.15, 0.2) is 0 Å². The molecule has 3 rings (SSSR count). The smallest absolute Gasteiger partial charge is 0.306 e. The molecular weight excluding hydrogens is 176 g/mol. The first kappa shape index (κ1) is 8.75. The van der Waals surface area contributed by atoms with E-state index in [1.54, 1.807) is 0 Å². The number of hydrogen-bond donors (Lipinski definition) is 0. The number of fused-ring (bicyclic) bond motifs is 1. The second-order valence-electron chi connectivity index (χ2n) is 5.37. The highest BCUT2D eigenvalue weighted by Crippen LogP contribution is 2.52. The molecule has 0 aromatic rings. The molecule has 2 atom stereocenters. The summed E-state index contributed by atoms with van der Waals surface area (Å²) in [5.74, 6) is 1.79. The summed E-state index contributed by atoms with van der Waals surface area (Å²) in [5, 5.41) is 0. The van der Waals surface area contributed by atoms with E-state index in [0.717, 1.165) is 18.3 Å². The Bertz CT molecular complexity index is 245. The number of hydrogen-bond acceptors (Lipinski definition) is 2. The molecule has 1 spiro atoms. The van der Waals surface area contributed by atoms with Crippen LogP contribution in [0.5, 0.6) is 0 Å². The summed E-state index contributed by atoms with van der Waals surface area (Å²) >= 11 is 0. The fourth-order valence-electron chi connectivity index (χ4n) is 3.82. The molecule has 14 heavy (non-hydrogen) atoms. The third-order valence-corrected chi connectivity index (χ3v) is 4.45. The molecule has 1 heterocycles. The van der Waals surface area contributed by atoms with E-state index in [0.29, 0.717) is 6.42 Å². The fourth-order valence-corrected chi connectivity index (χ4v) is 3.82. The molecule has 2 aliphatic carbocycles. The van der Waals surface area contributed by atoms with Gasteiger partial charge in [-0.05, 0) is 31.1 Å². The zero-order chi connectivity index (χ0) is 9.60. The molecule has 0 N–H and O–H groups in total. The minimum absolute atomic E-state index is 0.00322. The molecule has 0 bridgehead atoms. The lowest BCUT2D eigenvalue weighted by molar-refractivity contribution is -0.148. The zero-order valence-corrected chi connectivity index (χ0v) is 8.63. The third-order valence-electron chi connectivity index (χ3n) is 4.45. The van der Waals surface area contributed by atoms with Crippen LogP contribution >= 0.6 is 0 Å². The minimum Gasteiger partial charge on any atom is -0.459 e. The van der Waals surface area contributed by atoms with Crippen LogP contribution in [-0.4, -0.2) is 11.6 Å². The number of carbonyl (C=O) groups is 1. The maximum absolute atomic E-state index is 11.2. The van der Waals surface area contributed by atoms with E-state index in [1.807, 2.05) is 0 Å². The molecule has 3 aliphatic rings. The summed E-state index contributed by atoms with van der Waals surface area (Å²) in [5.41, 5.74) is -0.00322. The maximum Gasteiger partial charge on any atom is 0.306 e. The number of carbonyl (C=O) groups excluding carboxylic acids is 1. The van der Waals surface area contributed by atoms with Crippen molar-refractivity contribution in [2.45, 2.75) is 57.0 Å². The van der Waals surface area contributed by atoms with Crippen molar-refractivity contribution in [1.29, 1.82) is 0 Å². The van der Waals surface area contributed by atoms with Gasteiger partial charge in [0.1, 0.15) is 5.60 Å². The average Bonchev–Trinajstić information content (AvgIpc) is 2.69. The van der Waals surface area contributed by atoms with Gasteiger partial charge in [0.05, 0.1) is 0 Å². The van der Waals surface area contributed by atoms with Gasteiger partial charge in [0, 0.05) is 6.42 Å². The maximum atomic E-state index is 11.2. The quantitative estimate of drug-likeness (QED) is 0.554. The Balaban J connectivity index is 1.76. The van der Waals surface area contributed by atoms with Gasteiger partial charge in [-0.1, -0.05) is 25.7 Å². The molecule has 1 saturated heterocycles. The first-order chi connectivity index (χ1) is 6.77. The molecule has 2 unspecified atom stereocenters. The van der Waals surface area contributed by atoms with Gasteiger partial charge in [-0.3, -0.25) is 4.79 Å². The van der Waals surface area contributed by atoms with Crippen LogP contribution in [0.3, 0.4) is 0 Å². The largest absolute Gasteiger partial charge is 0.459 e. The second kappa shape index (κ2) is 2.98. The molecular formula is C12H18O2. The van der Waals surface area contributed by atoms with Crippen molar-refractivity contribution in [2.24, 2.45) is 11.8 Å². The molecule has 1 aliphatic heterocycles. The summed E-state index contributed by atoms with van der Waals surface area (Å²) < 4.78 is 5.56. The molecule has 3 fully saturated rings. The van der Waals surface area contributed by atoms with E-state index in [2.05, 4.69) is 0 Å². The average molecular weight is 194 g/mol. The summed E-state index contributed by atoms with van der Waals surface area (Å²) in [6.07, 6.45) is 9.55. The van der Waals surface area contributed by atoms with Gasteiger partial charge in [-0.15, -0.1) is 0 Å². The molecule has 0 amide bonds. The summed E-state index contributed by atoms with van der Waals surface area (Å²) in [7, 11) is 0. The predicted molar refractivity (Wildman–Crippen MR) is 52.7 cm³/mol. The highest BCUT2D eigenvalue weighted by Gasteiger charge is 2.50. The van der Waals surface area contributed by atoms with E-state index in [-0.39, 0.29) is 11.6 Å². The highest BCUT2D eigenvalue weighted by molar-refractivity contribution is 5.72. The Morgan fingerprint density at radius 1 is 1.14 bits per heavy atom. The molecule has 0 radical (unpaired) electrons. The van der Waals surface area contributed by atoms with Gasteiger partial charge >= 0.3 is 5.97 Å². The van der Waals surface area contributed by atoms with E-state index in [1.165, 1.54) is 38.5 Å². The van der Waals surface area contributed by atoms with E-state index in [9.17, 15) is 4.79 Å². The molecule has 2 nitrogen and oxygen atoms in total.